The number of hydrogen-bond donors (Lipinski definition) is 1. The van der Waals surface area contributed by atoms with Gasteiger partial charge in [-0.3, -0.25) is 4.79 Å². The van der Waals surface area contributed by atoms with Crippen molar-refractivity contribution in [3.05, 3.63) is 53.2 Å². The maximum atomic E-state index is 12.4. The Labute approximate surface area is 163 Å². The third-order valence-corrected chi connectivity index (χ3v) is 5.11. The molecule has 1 aliphatic heterocycles. The molecule has 3 aromatic rings. The number of methoxy groups -OCH3 is 1. The van der Waals surface area contributed by atoms with Gasteiger partial charge in [-0.15, -0.1) is 0 Å². The molecule has 0 bridgehead atoms. The molecule has 8 nitrogen and oxygen atoms in total. The summed E-state index contributed by atoms with van der Waals surface area (Å²) in [6.07, 6.45) is 4.55. The van der Waals surface area contributed by atoms with Crippen LogP contribution in [-0.2, 0) is 17.9 Å². The molecule has 0 fully saturated rings. The van der Waals surface area contributed by atoms with Gasteiger partial charge in [0.15, 0.2) is 0 Å². The molecule has 0 spiro atoms. The molecule has 0 saturated carbocycles. The van der Waals surface area contributed by atoms with Crippen molar-refractivity contribution in [1.29, 1.82) is 0 Å². The van der Waals surface area contributed by atoms with Crippen LogP contribution in [0.1, 0.15) is 48.1 Å². The van der Waals surface area contributed by atoms with Gasteiger partial charge in [-0.2, -0.15) is 10.2 Å². The van der Waals surface area contributed by atoms with E-state index in [4.69, 9.17) is 4.74 Å². The molecule has 1 aliphatic rings. The summed E-state index contributed by atoms with van der Waals surface area (Å²) in [4.78, 5) is 16.4. The molecule has 1 atom stereocenters. The first-order valence-electron chi connectivity index (χ1n) is 9.47. The number of aryl methyl sites for hydroxylation is 2. The number of hydrogen-bond acceptors (Lipinski definition) is 5. The predicted molar refractivity (Wildman–Crippen MR) is 104 cm³/mol. The van der Waals surface area contributed by atoms with E-state index in [1.165, 1.54) is 6.33 Å². The molecular weight excluding hydrogens is 356 g/mol. The van der Waals surface area contributed by atoms with Crippen molar-refractivity contribution in [2.45, 2.75) is 45.7 Å². The SMILES string of the molecule is CCCn1nc(C)c2c1NC(=O)C[C@H]2c1ccc(OC)c(Cn2cncn2)c1. The zero-order chi connectivity index (χ0) is 19.7. The van der Waals surface area contributed by atoms with Crippen LogP contribution in [0, 0.1) is 6.92 Å². The van der Waals surface area contributed by atoms with Gasteiger partial charge in [-0.1, -0.05) is 13.0 Å². The normalized spacial score (nSPS) is 16.0. The van der Waals surface area contributed by atoms with Crippen molar-refractivity contribution in [3.8, 4) is 5.75 Å². The number of nitrogens with one attached hydrogen (secondary N) is 1. The third kappa shape index (κ3) is 3.26. The Morgan fingerprint density at radius 1 is 1.36 bits per heavy atom. The van der Waals surface area contributed by atoms with Gasteiger partial charge >= 0.3 is 0 Å². The van der Waals surface area contributed by atoms with Crippen molar-refractivity contribution in [3.63, 3.8) is 0 Å². The second-order valence-electron chi connectivity index (χ2n) is 7.04. The van der Waals surface area contributed by atoms with Crippen LogP contribution in [0.2, 0.25) is 0 Å². The molecule has 2 aromatic heterocycles. The van der Waals surface area contributed by atoms with Gasteiger partial charge in [-0.25, -0.2) is 14.3 Å². The number of aromatic nitrogens is 5. The molecule has 0 radical (unpaired) electrons. The average Bonchev–Trinajstić information content (AvgIpc) is 3.30. The van der Waals surface area contributed by atoms with Crippen LogP contribution < -0.4 is 10.1 Å². The second kappa shape index (κ2) is 7.46. The highest BCUT2D eigenvalue weighted by Gasteiger charge is 2.32. The zero-order valence-corrected chi connectivity index (χ0v) is 16.3. The quantitative estimate of drug-likeness (QED) is 0.710. The molecule has 8 heteroatoms. The van der Waals surface area contributed by atoms with E-state index in [-0.39, 0.29) is 11.8 Å². The highest BCUT2D eigenvalue weighted by atomic mass is 16.5. The fraction of sp³-hybridized carbons (Fsp3) is 0.400. The lowest BCUT2D eigenvalue weighted by atomic mass is 9.85. The molecule has 1 aromatic carbocycles. The van der Waals surface area contributed by atoms with Crippen molar-refractivity contribution in [1.82, 2.24) is 24.5 Å². The number of nitrogens with zero attached hydrogens (tertiary/aromatic N) is 5. The van der Waals surface area contributed by atoms with Gasteiger partial charge in [0.25, 0.3) is 0 Å². The number of fused-ring (bicyclic) bond motifs is 1. The number of carbonyl (C=O) groups is 1. The number of amides is 1. The van der Waals surface area contributed by atoms with E-state index in [0.717, 1.165) is 46.9 Å². The number of carbonyl (C=O) groups excluding carboxylic acids is 1. The van der Waals surface area contributed by atoms with E-state index in [0.29, 0.717) is 13.0 Å². The monoisotopic (exact) mass is 380 g/mol. The van der Waals surface area contributed by atoms with Gasteiger partial charge in [0.1, 0.15) is 24.2 Å². The Kier molecular flexibility index (Phi) is 4.85. The van der Waals surface area contributed by atoms with Crippen molar-refractivity contribution >= 4 is 11.7 Å². The lowest BCUT2D eigenvalue weighted by Gasteiger charge is -2.25. The van der Waals surface area contributed by atoms with E-state index >= 15 is 0 Å². The highest BCUT2D eigenvalue weighted by Crippen LogP contribution is 2.40. The topological polar surface area (TPSA) is 86.9 Å². The fourth-order valence-corrected chi connectivity index (χ4v) is 3.90. The maximum absolute atomic E-state index is 12.4. The lowest BCUT2D eigenvalue weighted by molar-refractivity contribution is -0.116. The van der Waals surface area contributed by atoms with E-state index < -0.39 is 0 Å². The molecular formula is C20H24N6O2. The first kappa shape index (κ1) is 18.2. The third-order valence-electron chi connectivity index (χ3n) is 5.11. The molecule has 1 N–H and O–H groups in total. The Morgan fingerprint density at radius 3 is 2.93 bits per heavy atom. The number of benzene rings is 1. The summed E-state index contributed by atoms with van der Waals surface area (Å²) in [6, 6.07) is 6.09. The molecule has 0 aliphatic carbocycles. The summed E-state index contributed by atoms with van der Waals surface area (Å²) in [5.41, 5.74) is 4.13. The molecule has 1 amide bonds. The van der Waals surface area contributed by atoms with Crippen molar-refractivity contribution in [2.75, 3.05) is 12.4 Å². The zero-order valence-electron chi connectivity index (χ0n) is 16.3. The second-order valence-corrected chi connectivity index (χ2v) is 7.04. The maximum Gasteiger partial charge on any atom is 0.226 e. The fourth-order valence-electron chi connectivity index (χ4n) is 3.90. The molecule has 4 rings (SSSR count). The van der Waals surface area contributed by atoms with Crippen LogP contribution in [0.15, 0.2) is 30.9 Å². The summed E-state index contributed by atoms with van der Waals surface area (Å²) in [5.74, 6) is 1.60. The molecule has 0 unspecified atom stereocenters. The standard InChI is InChI=1S/C20H24N6O2/c1-4-7-26-20-19(13(2)24-26)16(9-18(27)23-20)14-5-6-17(28-3)15(8-14)10-25-12-21-11-22-25/h5-6,8,11-12,16H,4,7,9-10H2,1-3H3,(H,23,27)/t16-/m0/s1. The van der Waals surface area contributed by atoms with Crippen molar-refractivity contribution < 1.29 is 9.53 Å². The Balaban J connectivity index is 1.76. The van der Waals surface area contributed by atoms with Gasteiger partial charge in [0.05, 0.1) is 19.3 Å². The summed E-state index contributed by atoms with van der Waals surface area (Å²) in [7, 11) is 1.66. The summed E-state index contributed by atoms with van der Waals surface area (Å²) >= 11 is 0. The summed E-state index contributed by atoms with van der Waals surface area (Å²) < 4.78 is 9.20. The predicted octanol–water partition coefficient (Wildman–Crippen LogP) is 2.72. The van der Waals surface area contributed by atoms with Crippen LogP contribution in [0.25, 0.3) is 0 Å². The van der Waals surface area contributed by atoms with E-state index in [1.54, 1.807) is 18.1 Å². The van der Waals surface area contributed by atoms with Gasteiger partial charge in [0, 0.05) is 30.0 Å². The van der Waals surface area contributed by atoms with Crippen LogP contribution in [0.5, 0.6) is 5.75 Å². The number of rotatable bonds is 6. The number of ether oxygens (including phenoxy) is 1. The van der Waals surface area contributed by atoms with Crippen LogP contribution in [0.3, 0.4) is 0 Å². The minimum absolute atomic E-state index is 0.0170. The minimum Gasteiger partial charge on any atom is -0.496 e. The summed E-state index contributed by atoms with van der Waals surface area (Å²) in [5, 5.41) is 11.9. The van der Waals surface area contributed by atoms with Gasteiger partial charge in [0.2, 0.25) is 5.91 Å². The lowest BCUT2D eigenvalue weighted by Crippen LogP contribution is -2.25. The smallest absolute Gasteiger partial charge is 0.226 e. The largest absolute Gasteiger partial charge is 0.496 e. The van der Waals surface area contributed by atoms with Crippen LogP contribution in [-0.4, -0.2) is 37.6 Å². The first-order valence-corrected chi connectivity index (χ1v) is 9.47. The van der Waals surface area contributed by atoms with E-state index in [1.807, 2.05) is 23.7 Å². The van der Waals surface area contributed by atoms with Crippen LogP contribution >= 0.6 is 0 Å². The van der Waals surface area contributed by atoms with Crippen molar-refractivity contribution in [2.24, 2.45) is 0 Å². The summed E-state index contributed by atoms with van der Waals surface area (Å²) in [6.45, 7) is 5.45. The van der Waals surface area contributed by atoms with Gasteiger partial charge < -0.3 is 10.1 Å². The first-order chi connectivity index (χ1) is 13.6. The van der Waals surface area contributed by atoms with Crippen LogP contribution in [0.4, 0.5) is 5.82 Å². The molecule has 3 heterocycles. The molecule has 0 saturated heterocycles. The Morgan fingerprint density at radius 2 is 2.21 bits per heavy atom. The number of anilines is 1. The average molecular weight is 380 g/mol. The minimum atomic E-state index is -0.0326. The highest BCUT2D eigenvalue weighted by molar-refractivity contribution is 5.94. The Hall–Kier alpha value is -3.16. The molecule has 146 valence electrons. The van der Waals surface area contributed by atoms with E-state index in [2.05, 4.69) is 33.5 Å². The molecule has 28 heavy (non-hydrogen) atoms. The van der Waals surface area contributed by atoms with Gasteiger partial charge in [-0.05, 0) is 31.0 Å². The van der Waals surface area contributed by atoms with E-state index in [9.17, 15) is 4.79 Å². The Bertz CT molecular complexity index is 993.